The zero-order chi connectivity index (χ0) is 26.1. The number of nitrogens with zero attached hydrogens (tertiary/aromatic N) is 4. The fourth-order valence-corrected chi connectivity index (χ4v) is 3.99. The number of aromatic nitrogens is 3. The molecule has 1 N–H and O–H groups in total. The Bertz CT molecular complexity index is 1220. The van der Waals surface area contributed by atoms with Crippen LogP contribution in [0.1, 0.15) is 19.4 Å². The molecule has 0 aliphatic heterocycles. The van der Waals surface area contributed by atoms with Gasteiger partial charge in [0.2, 0.25) is 5.75 Å². The first-order chi connectivity index (χ1) is 17.4. The molecule has 190 valence electrons. The number of nitrogens with one attached hydrogen (secondary N) is 1. The average Bonchev–Trinajstić information content (AvgIpc) is 3.30. The molecule has 0 aliphatic rings. The van der Waals surface area contributed by atoms with Crippen LogP contribution in [0, 0.1) is 0 Å². The first kappa shape index (κ1) is 26.5. The Morgan fingerprint density at radius 2 is 1.72 bits per heavy atom. The van der Waals surface area contributed by atoms with Crippen LogP contribution in [-0.2, 0) is 16.1 Å². The fourth-order valence-electron chi connectivity index (χ4n) is 3.19. The number of rotatable bonds is 11. The van der Waals surface area contributed by atoms with Gasteiger partial charge in [0, 0.05) is 24.6 Å². The zero-order valence-corrected chi connectivity index (χ0v) is 21.4. The minimum atomic E-state index is -0.507. The van der Waals surface area contributed by atoms with Crippen molar-refractivity contribution in [3.63, 3.8) is 0 Å². The van der Waals surface area contributed by atoms with Crippen LogP contribution in [0.15, 0.2) is 46.7 Å². The van der Waals surface area contributed by atoms with E-state index in [-0.39, 0.29) is 17.4 Å². The van der Waals surface area contributed by atoms with Crippen molar-refractivity contribution in [2.24, 2.45) is 5.10 Å². The number of esters is 1. The van der Waals surface area contributed by atoms with Gasteiger partial charge in [-0.25, -0.2) is 5.43 Å². The van der Waals surface area contributed by atoms with Crippen LogP contribution in [0.25, 0.3) is 11.4 Å². The summed E-state index contributed by atoms with van der Waals surface area (Å²) >= 11 is 1.26. The molecular formula is C24H27N5O6S. The number of hydrogen-bond acceptors (Lipinski definition) is 10. The molecule has 1 aromatic heterocycles. The molecule has 11 nitrogen and oxygen atoms in total. The number of thioether (sulfide) groups is 1. The third-order valence-corrected chi connectivity index (χ3v) is 5.81. The van der Waals surface area contributed by atoms with Crippen molar-refractivity contribution in [2.75, 3.05) is 27.1 Å². The van der Waals surface area contributed by atoms with Gasteiger partial charge in [-0.15, -0.1) is 10.2 Å². The van der Waals surface area contributed by atoms with E-state index in [0.717, 1.165) is 11.3 Å². The smallest absolute Gasteiger partial charge is 0.308 e. The molecule has 0 saturated carbocycles. The third kappa shape index (κ3) is 6.54. The van der Waals surface area contributed by atoms with Gasteiger partial charge in [0.25, 0.3) is 5.91 Å². The summed E-state index contributed by atoms with van der Waals surface area (Å²) in [4.78, 5) is 23.7. The summed E-state index contributed by atoms with van der Waals surface area (Å²) in [5.74, 6) is 1.48. The molecule has 3 aromatic rings. The summed E-state index contributed by atoms with van der Waals surface area (Å²) in [7, 11) is 4.50. The molecular weight excluding hydrogens is 486 g/mol. The van der Waals surface area contributed by atoms with E-state index in [4.69, 9.17) is 18.9 Å². The van der Waals surface area contributed by atoms with E-state index in [1.54, 1.807) is 19.2 Å². The quantitative estimate of drug-likeness (QED) is 0.135. The van der Waals surface area contributed by atoms with Gasteiger partial charge in [0.15, 0.2) is 22.5 Å². The van der Waals surface area contributed by atoms with Gasteiger partial charge in [-0.1, -0.05) is 11.8 Å². The lowest BCUT2D eigenvalue weighted by Gasteiger charge is -2.13. The number of hydrogen-bond donors (Lipinski definition) is 1. The number of ether oxygens (including phenoxy) is 4. The third-order valence-electron chi connectivity index (χ3n) is 4.85. The van der Waals surface area contributed by atoms with Crippen molar-refractivity contribution >= 4 is 29.9 Å². The highest BCUT2D eigenvalue weighted by molar-refractivity contribution is 7.99. The molecule has 2 aromatic carbocycles. The molecule has 0 spiro atoms. The second-order valence-corrected chi connectivity index (χ2v) is 8.15. The molecule has 0 bridgehead atoms. The summed E-state index contributed by atoms with van der Waals surface area (Å²) in [5.41, 5.74) is 3.95. The molecule has 12 heteroatoms. The molecule has 0 saturated heterocycles. The molecule has 3 rings (SSSR count). The van der Waals surface area contributed by atoms with E-state index in [1.165, 1.54) is 39.1 Å². The maximum absolute atomic E-state index is 12.4. The van der Waals surface area contributed by atoms with E-state index >= 15 is 0 Å². The van der Waals surface area contributed by atoms with Gasteiger partial charge in [0.1, 0.15) is 5.75 Å². The lowest BCUT2D eigenvalue weighted by Crippen LogP contribution is -2.20. The predicted octanol–water partition coefficient (Wildman–Crippen LogP) is 3.16. The Kier molecular flexibility index (Phi) is 9.28. The largest absolute Gasteiger partial charge is 0.497 e. The van der Waals surface area contributed by atoms with E-state index in [0.29, 0.717) is 34.6 Å². The number of carbonyl (C=O) groups is 2. The van der Waals surface area contributed by atoms with Gasteiger partial charge in [-0.2, -0.15) is 5.10 Å². The highest BCUT2D eigenvalue weighted by Gasteiger charge is 2.16. The van der Waals surface area contributed by atoms with Crippen LogP contribution in [0.2, 0.25) is 0 Å². The molecule has 0 fully saturated rings. The van der Waals surface area contributed by atoms with Crippen molar-refractivity contribution in [3.8, 4) is 34.4 Å². The van der Waals surface area contributed by atoms with Gasteiger partial charge in [0.05, 0.1) is 33.3 Å². The van der Waals surface area contributed by atoms with Crippen molar-refractivity contribution in [1.82, 2.24) is 20.2 Å². The standard InChI is InChI=1S/C24H27N5O6S/c1-6-29-23(17-7-9-18(32-3)10-8-17)27-28-24(29)36-14-21(31)26-25-13-16-11-19(33-4)22(35-15(2)30)20(12-16)34-5/h7-13H,6,14H2,1-5H3,(H,26,31)/b25-13+. The van der Waals surface area contributed by atoms with Crippen molar-refractivity contribution < 1.29 is 28.5 Å². The summed E-state index contributed by atoms with van der Waals surface area (Å²) in [6.45, 7) is 3.91. The number of amides is 1. The van der Waals surface area contributed by atoms with Crippen molar-refractivity contribution in [1.29, 1.82) is 0 Å². The number of methoxy groups -OCH3 is 3. The normalized spacial score (nSPS) is 10.8. The Morgan fingerprint density at radius 3 is 2.28 bits per heavy atom. The molecule has 36 heavy (non-hydrogen) atoms. The first-order valence-corrected chi connectivity index (χ1v) is 11.8. The molecule has 0 aliphatic carbocycles. The topological polar surface area (TPSA) is 126 Å². The maximum atomic E-state index is 12.4. The van der Waals surface area contributed by atoms with E-state index < -0.39 is 5.97 Å². The van der Waals surface area contributed by atoms with Crippen LogP contribution >= 0.6 is 11.8 Å². The van der Waals surface area contributed by atoms with Gasteiger partial charge in [-0.3, -0.25) is 9.59 Å². The molecule has 1 heterocycles. The number of hydrazone groups is 1. The molecule has 0 unspecified atom stereocenters. The van der Waals surface area contributed by atoms with E-state index in [1.807, 2.05) is 35.8 Å². The van der Waals surface area contributed by atoms with Crippen LogP contribution in [-0.4, -0.2) is 59.9 Å². The van der Waals surface area contributed by atoms with E-state index in [2.05, 4.69) is 20.7 Å². The lowest BCUT2D eigenvalue weighted by atomic mass is 10.2. The second-order valence-electron chi connectivity index (χ2n) is 7.21. The zero-order valence-electron chi connectivity index (χ0n) is 20.6. The number of carbonyl (C=O) groups excluding carboxylic acids is 2. The van der Waals surface area contributed by atoms with Crippen LogP contribution in [0.5, 0.6) is 23.0 Å². The lowest BCUT2D eigenvalue weighted by molar-refractivity contribution is -0.132. The minimum Gasteiger partial charge on any atom is -0.497 e. The van der Waals surface area contributed by atoms with Crippen LogP contribution in [0.4, 0.5) is 0 Å². The molecule has 1 amide bonds. The highest BCUT2D eigenvalue weighted by Crippen LogP contribution is 2.38. The van der Waals surface area contributed by atoms with Gasteiger partial charge < -0.3 is 23.5 Å². The van der Waals surface area contributed by atoms with Crippen molar-refractivity contribution in [2.45, 2.75) is 25.5 Å². The van der Waals surface area contributed by atoms with Crippen LogP contribution < -0.4 is 24.4 Å². The molecule has 0 atom stereocenters. The monoisotopic (exact) mass is 513 g/mol. The fraction of sp³-hybridized carbons (Fsp3) is 0.292. The highest BCUT2D eigenvalue weighted by atomic mass is 32.2. The van der Waals surface area contributed by atoms with Crippen molar-refractivity contribution in [3.05, 3.63) is 42.0 Å². The average molecular weight is 514 g/mol. The van der Waals surface area contributed by atoms with E-state index in [9.17, 15) is 9.59 Å². The Hall–Kier alpha value is -4.06. The molecule has 0 radical (unpaired) electrons. The number of benzene rings is 2. The minimum absolute atomic E-state index is 0.0934. The summed E-state index contributed by atoms with van der Waals surface area (Å²) < 4.78 is 22.9. The summed E-state index contributed by atoms with van der Waals surface area (Å²) in [6, 6.07) is 10.8. The second kappa shape index (κ2) is 12.6. The maximum Gasteiger partial charge on any atom is 0.308 e. The predicted molar refractivity (Wildman–Crippen MR) is 135 cm³/mol. The SMILES string of the molecule is CCn1c(SCC(=O)N/N=C/c2cc(OC)c(OC(C)=O)c(OC)c2)nnc1-c1ccc(OC)cc1. The Morgan fingerprint density at radius 1 is 1.06 bits per heavy atom. The van der Waals surface area contributed by atoms with Crippen LogP contribution in [0.3, 0.4) is 0 Å². The van der Waals surface area contributed by atoms with Gasteiger partial charge in [-0.05, 0) is 43.3 Å². The Balaban J connectivity index is 1.63. The first-order valence-electron chi connectivity index (χ1n) is 10.9. The van der Waals surface area contributed by atoms with Gasteiger partial charge >= 0.3 is 5.97 Å². The Labute approximate surface area is 212 Å². The summed E-state index contributed by atoms with van der Waals surface area (Å²) in [6.07, 6.45) is 1.43. The summed E-state index contributed by atoms with van der Waals surface area (Å²) in [5, 5.41) is 13.1.